The number of thiophene rings is 1. The predicted octanol–water partition coefficient (Wildman–Crippen LogP) is 4.29. The summed E-state index contributed by atoms with van der Waals surface area (Å²) < 4.78 is 4.88. The summed E-state index contributed by atoms with van der Waals surface area (Å²) in [6, 6.07) is 10.9. The normalized spacial score (nSPS) is 10.4. The number of aromatic nitrogens is 1. The van der Waals surface area contributed by atoms with E-state index >= 15 is 0 Å². The van der Waals surface area contributed by atoms with Gasteiger partial charge in [-0.1, -0.05) is 6.07 Å². The highest BCUT2D eigenvalue weighted by Crippen LogP contribution is 2.22. The molecule has 0 aliphatic heterocycles. The van der Waals surface area contributed by atoms with Gasteiger partial charge in [0.05, 0.1) is 29.4 Å². The van der Waals surface area contributed by atoms with Crippen LogP contribution >= 0.6 is 34.4 Å². The fraction of sp³-hybridized carbons (Fsp3) is 0.200. The van der Waals surface area contributed by atoms with E-state index in [-0.39, 0.29) is 30.0 Å². The van der Waals surface area contributed by atoms with Crippen molar-refractivity contribution in [3.63, 3.8) is 0 Å². The molecule has 0 atom stereocenters. The molecule has 30 heavy (non-hydrogen) atoms. The first-order valence-electron chi connectivity index (χ1n) is 9.01. The molecule has 3 rings (SSSR count). The van der Waals surface area contributed by atoms with Crippen molar-refractivity contribution in [2.24, 2.45) is 0 Å². The van der Waals surface area contributed by atoms with Crippen molar-refractivity contribution in [2.45, 2.75) is 18.2 Å². The monoisotopic (exact) mass is 461 g/mol. The van der Waals surface area contributed by atoms with Crippen LogP contribution in [-0.2, 0) is 20.7 Å². The molecule has 0 aliphatic rings. The number of ether oxygens (including phenoxy) is 1. The van der Waals surface area contributed by atoms with Gasteiger partial charge in [0.15, 0.2) is 5.13 Å². The average molecular weight is 462 g/mol. The van der Waals surface area contributed by atoms with Crippen molar-refractivity contribution in [1.82, 2.24) is 4.98 Å². The maximum Gasteiger partial charge on any atom is 0.311 e. The van der Waals surface area contributed by atoms with Gasteiger partial charge in [0.25, 0.3) is 5.91 Å². The summed E-state index contributed by atoms with van der Waals surface area (Å²) >= 11 is 4.03. The molecule has 2 N–H and O–H groups in total. The van der Waals surface area contributed by atoms with Crippen molar-refractivity contribution in [3.8, 4) is 0 Å². The molecule has 7 nitrogen and oxygen atoms in total. The van der Waals surface area contributed by atoms with Gasteiger partial charge in [-0.15, -0.1) is 34.4 Å². The zero-order chi connectivity index (χ0) is 21.3. The smallest absolute Gasteiger partial charge is 0.311 e. The van der Waals surface area contributed by atoms with Gasteiger partial charge in [0, 0.05) is 16.0 Å². The number of carbonyl (C=O) groups is 3. The van der Waals surface area contributed by atoms with Gasteiger partial charge >= 0.3 is 5.97 Å². The quantitative estimate of drug-likeness (QED) is 0.364. The number of nitrogens with one attached hydrogen (secondary N) is 2. The molecule has 0 radical (unpaired) electrons. The van der Waals surface area contributed by atoms with Crippen molar-refractivity contribution in [3.05, 3.63) is 57.7 Å². The minimum absolute atomic E-state index is 0.0876. The van der Waals surface area contributed by atoms with Crippen LogP contribution in [0.2, 0.25) is 0 Å². The van der Waals surface area contributed by atoms with Crippen LogP contribution in [0.1, 0.15) is 22.3 Å². The number of amides is 2. The Bertz CT molecular complexity index is 1000. The Morgan fingerprint density at radius 3 is 2.60 bits per heavy atom. The van der Waals surface area contributed by atoms with Gasteiger partial charge in [0.1, 0.15) is 0 Å². The number of anilines is 2. The second kappa shape index (κ2) is 10.9. The van der Waals surface area contributed by atoms with E-state index in [2.05, 4.69) is 15.6 Å². The zero-order valence-electron chi connectivity index (χ0n) is 16.0. The standard InChI is InChI=1S/C20H19N3O4S3/c1-2-27-18(25)10-14-11-30-20(22-14)23-17(24)12-29-15-7-5-13(6-8-15)21-19(26)16-4-3-9-28-16/h3-9,11H,2,10,12H2,1H3,(H,21,26)(H,22,23,24). The van der Waals surface area contributed by atoms with E-state index in [9.17, 15) is 14.4 Å². The molecule has 0 aliphatic carbocycles. The Hall–Kier alpha value is -2.69. The summed E-state index contributed by atoms with van der Waals surface area (Å²) in [6.45, 7) is 2.07. The third-order valence-electron chi connectivity index (χ3n) is 3.66. The summed E-state index contributed by atoms with van der Waals surface area (Å²) in [5, 5.41) is 9.60. The lowest BCUT2D eigenvalue weighted by molar-refractivity contribution is -0.142. The fourth-order valence-corrected chi connectivity index (χ4v) is 4.39. The predicted molar refractivity (Wildman–Crippen MR) is 121 cm³/mol. The van der Waals surface area contributed by atoms with Crippen molar-refractivity contribution < 1.29 is 19.1 Å². The van der Waals surface area contributed by atoms with Crippen LogP contribution in [0.15, 0.2) is 52.1 Å². The van der Waals surface area contributed by atoms with Crippen LogP contribution in [0.4, 0.5) is 10.8 Å². The van der Waals surface area contributed by atoms with E-state index < -0.39 is 0 Å². The molecular formula is C20H19N3O4S3. The van der Waals surface area contributed by atoms with Gasteiger partial charge in [0.2, 0.25) is 5.91 Å². The van der Waals surface area contributed by atoms with Gasteiger partial charge in [-0.05, 0) is 42.6 Å². The second-order valence-corrected chi connectivity index (χ2v) is 8.77. The fourth-order valence-electron chi connectivity index (χ4n) is 2.34. The summed E-state index contributed by atoms with van der Waals surface area (Å²) in [7, 11) is 0. The summed E-state index contributed by atoms with van der Waals surface area (Å²) in [4.78, 5) is 41.5. The van der Waals surface area contributed by atoms with E-state index in [0.717, 1.165) is 4.90 Å². The highest BCUT2D eigenvalue weighted by molar-refractivity contribution is 8.00. The highest BCUT2D eigenvalue weighted by atomic mass is 32.2. The Morgan fingerprint density at radius 1 is 1.10 bits per heavy atom. The number of esters is 1. The lowest BCUT2D eigenvalue weighted by Crippen LogP contribution is -2.14. The topological polar surface area (TPSA) is 97.4 Å². The molecule has 2 heterocycles. The SMILES string of the molecule is CCOC(=O)Cc1csc(NC(=O)CSc2ccc(NC(=O)c3cccs3)cc2)n1. The lowest BCUT2D eigenvalue weighted by atomic mass is 10.3. The van der Waals surface area contributed by atoms with E-state index in [1.54, 1.807) is 30.5 Å². The van der Waals surface area contributed by atoms with Gasteiger partial charge in [-0.25, -0.2) is 4.98 Å². The molecular weight excluding hydrogens is 442 g/mol. The highest BCUT2D eigenvalue weighted by Gasteiger charge is 2.11. The molecule has 0 unspecified atom stereocenters. The van der Waals surface area contributed by atoms with Crippen LogP contribution < -0.4 is 10.6 Å². The van der Waals surface area contributed by atoms with Crippen molar-refractivity contribution in [2.75, 3.05) is 23.0 Å². The Balaban J connectivity index is 1.44. The van der Waals surface area contributed by atoms with Gasteiger partial charge < -0.3 is 15.4 Å². The molecule has 2 amide bonds. The molecule has 0 spiro atoms. The zero-order valence-corrected chi connectivity index (χ0v) is 18.5. The summed E-state index contributed by atoms with van der Waals surface area (Å²) in [5.41, 5.74) is 1.26. The van der Waals surface area contributed by atoms with Crippen molar-refractivity contribution in [1.29, 1.82) is 0 Å². The van der Waals surface area contributed by atoms with Crippen LogP contribution in [0.3, 0.4) is 0 Å². The minimum atomic E-state index is -0.341. The Labute approximate surface area is 185 Å². The van der Waals surface area contributed by atoms with E-state index in [4.69, 9.17) is 4.74 Å². The number of nitrogens with zero attached hydrogens (tertiary/aromatic N) is 1. The number of hydrogen-bond donors (Lipinski definition) is 2. The first-order chi connectivity index (χ1) is 14.5. The molecule has 3 aromatic rings. The molecule has 0 saturated heterocycles. The average Bonchev–Trinajstić information content (AvgIpc) is 3.40. The number of rotatable bonds is 9. The van der Waals surface area contributed by atoms with Crippen LogP contribution in [-0.4, -0.2) is 35.1 Å². The molecule has 156 valence electrons. The first-order valence-corrected chi connectivity index (χ1v) is 11.8. The maximum atomic E-state index is 12.2. The van der Waals surface area contributed by atoms with Crippen LogP contribution in [0, 0.1) is 0 Å². The maximum absolute atomic E-state index is 12.2. The third kappa shape index (κ3) is 6.68. The second-order valence-electron chi connectivity index (χ2n) is 5.92. The number of carbonyl (C=O) groups excluding carboxylic acids is 3. The van der Waals surface area contributed by atoms with Gasteiger partial charge in [-0.2, -0.15) is 0 Å². The minimum Gasteiger partial charge on any atom is -0.466 e. The van der Waals surface area contributed by atoms with Crippen LogP contribution in [0.5, 0.6) is 0 Å². The van der Waals surface area contributed by atoms with E-state index in [0.29, 0.717) is 28.0 Å². The summed E-state index contributed by atoms with van der Waals surface area (Å²) in [5.74, 6) is -0.456. The Kier molecular flexibility index (Phi) is 8.00. The molecule has 1 aromatic carbocycles. The molecule has 2 aromatic heterocycles. The largest absolute Gasteiger partial charge is 0.466 e. The molecule has 0 bridgehead atoms. The molecule has 0 fully saturated rings. The summed E-state index contributed by atoms with van der Waals surface area (Å²) in [6.07, 6.45) is 0.0876. The number of benzene rings is 1. The lowest BCUT2D eigenvalue weighted by Gasteiger charge is -2.06. The number of hydrogen-bond acceptors (Lipinski definition) is 8. The molecule has 10 heteroatoms. The van der Waals surface area contributed by atoms with Gasteiger partial charge in [-0.3, -0.25) is 14.4 Å². The molecule has 0 saturated carbocycles. The first kappa shape index (κ1) is 22.0. The van der Waals surface area contributed by atoms with Crippen LogP contribution in [0.25, 0.3) is 0 Å². The van der Waals surface area contributed by atoms with Crippen molar-refractivity contribution >= 4 is 63.0 Å². The Morgan fingerprint density at radius 2 is 1.90 bits per heavy atom. The number of thiazole rings is 1. The van der Waals surface area contributed by atoms with E-state index in [1.165, 1.54) is 34.4 Å². The third-order valence-corrected chi connectivity index (χ3v) is 6.34. The van der Waals surface area contributed by atoms with E-state index in [1.807, 2.05) is 23.6 Å². The number of thioether (sulfide) groups is 1.